The Kier molecular flexibility index (Phi) is 7.92. The third-order valence-corrected chi connectivity index (χ3v) is 6.92. The first-order chi connectivity index (χ1) is 16.3. The number of rotatable bonds is 8. The van der Waals surface area contributed by atoms with Crippen molar-refractivity contribution in [3.05, 3.63) is 52.0 Å². The highest BCUT2D eigenvalue weighted by atomic mass is 35.5. The van der Waals surface area contributed by atoms with Crippen LogP contribution in [0.15, 0.2) is 30.3 Å². The van der Waals surface area contributed by atoms with Gasteiger partial charge in [-0.05, 0) is 60.1 Å². The van der Waals surface area contributed by atoms with Gasteiger partial charge in [0.2, 0.25) is 5.91 Å². The number of fused-ring (bicyclic) bond motifs is 2. The minimum absolute atomic E-state index is 0.128. The van der Waals surface area contributed by atoms with Crippen molar-refractivity contribution in [2.45, 2.75) is 53.0 Å². The lowest BCUT2D eigenvalue weighted by Gasteiger charge is -2.31. The van der Waals surface area contributed by atoms with E-state index in [1.54, 1.807) is 0 Å². The molecule has 0 saturated carbocycles. The van der Waals surface area contributed by atoms with Gasteiger partial charge in [-0.15, -0.1) is 0 Å². The van der Waals surface area contributed by atoms with Gasteiger partial charge in [-0.1, -0.05) is 44.5 Å². The summed E-state index contributed by atoms with van der Waals surface area (Å²) < 4.78 is 11.6. The first kappa shape index (κ1) is 24.7. The van der Waals surface area contributed by atoms with E-state index >= 15 is 0 Å². The molecule has 0 aromatic heterocycles. The van der Waals surface area contributed by atoms with Crippen LogP contribution < -0.4 is 14.4 Å². The van der Waals surface area contributed by atoms with Gasteiger partial charge in [0.25, 0.3) is 0 Å². The van der Waals surface area contributed by atoms with Crippen LogP contribution in [-0.4, -0.2) is 44.2 Å². The van der Waals surface area contributed by atoms with Crippen LogP contribution in [0.25, 0.3) is 0 Å². The lowest BCUT2D eigenvalue weighted by molar-refractivity contribution is -0.135. The summed E-state index contributed by atoms with van der Waals surface area (Å²) in [6.45, 7) is 9.41. The Balaban J connectivity index is 1.49. The summed E-state index contributed by atoms with van der Waals surface area (Å²) in [5.74, 6) is 1.67. The maximum atomic E-state index is 13.6. The second kappa shape index (κ2) is 10.9. The topological polar surface area (TPSA) is 42.0 Å². The van der Waals surface area contributed by atoms with Crippen molar-refractivity contribution in [2.24, 2.45) is 11.8 Å². The first-order valence-electron chi connectivity index (χ1n) is 12.5. The molecule has 34 heavy (non-hydrogen) atoms. The molecule has 5 nitrogen and oxygen atoms in total. The summed E-state index contributed by atoms with van der Waals surface area (Å²) in [6.07, 6.45) is 4.33. The van der Waals surface area contributed by atoms with E-state index in [4.69, 9.17) is 21.1 Å². The molecule has 0 bridgehead atoms. The number of anilines is 1. The highest BCUT2D eigenvalue weighted by Gasteiger charge is 2.25. The van der Waals surface area contributed by atoms with Crippen LogP contribution in [0.3, 0.4) is 0 Å². The van der Waals surface area contributed by atoms with Gasteiger partial charge in [0.15, 0.2) is 11.5 Å². The number of ether oxygens (including phenoxy) is 2. The smallest absolute Gasteiger partial charge is 0.227 e. The fraction of sp³-hybridized carbons (Fsp3) is 0.536. The van der Waals surface area contributed by atoms with E-state index in [0.717, 1.165) is 24.8 Å². The van der Waals surface area contributed by atoms with Crippen LogP contribution in [0.2, 0.25) is 5.02 Å². The summed E-state index contributed by atoms with van der Waals surface area (Å²) in [6, 6.07) is 10.4. The van der Waals surface area contributed by atoms with Gasteiger partial charge in [-0.3, -0.25) is 4.79 Å². The van der Waals surface area contributed by atoms with Crippen molar-refractivity contribution in [3.63, 3.8) is 0 Å². The van der Waals surface area contributed by atoms with Gasteiger partial charge < -0.3 is 19.3 Å². The summed E-state index contributed by atoms with van der Waals surface area (Å²) in [5, 5.41) is 0.539. The van der Waals surface area contributed by atoms with Gasteiger partial charge >= 0.3 is 0 Å². The first-order valence-corrected chi connectivity index (χ1v) is 12.9. The van der Waals surface area contributed by atoms with Crippen molar-refractivity contribution >= 4 is 23.2 Å². The number of hydrogen-bond acceptors (Lipinski definition) is 4. The Hall–Kier alpha value is -2.40. The number of nitrogens with zero attached hydrogens (tertiary/aromatic N) is 2. The Morgan fingerprint density at radius 2 is 1.85 bits per heavy atom. The zero-order valence-corrected chi connectivity index (χ0v) is 21.7. The minimum Gasteiger partial charge on any atom is -0.489 e. The van der Waals surface area contributed by atoms with Crippen LogP contribution >= 0.6 is 11.6 Å². The zero-order valence-electron chi connectivity index (χ0n) is 20.9. The normalized spacial score (nSPS) is 15.6. The lowest BCUT2D eigenvalue weighted by Crippen LogP contribution is -2.41. The molecule has 1 amide bonds. The van der Waals surface area contributed by atoms with Crippen LogP contribution in [-0.2, 0) is 24.2 Å². The third kappa shape index (κ3) is 5.63. The number of halogens is 1. The molecule has 2 aromatic rings. The van der Waals surface area contributed by atoms with Crippen molar-refractivity contribution in [3.8, 4) is 11.5 Å². The number of hydrogen-bond donors (Lipinski definition) is 0. The molecule has 0 N–H and O–H groups in total. The van der Waals surface area contributed by atoms with Crippen LogP contribution in [0.5, 0.6) is 11.5 Å². The van der Waals surface area contributed by atoms with Gasteiger partial charge in [-0.2, -0.15) is 0 Å². The van der Waals surface area contributed by atoms with E-state index in [1.165, 1.54) is 23.2 Å². The molecule has 0 saturated heterocycles. The molecule has 4 rings (SSSR count). The lowest BCUT2D eigenvalue weighted by atomic mass is 10.0. The molecule has 1 atom stereocenters. The number of aryl methyl sites for hydroxylation is 1. The van der Waals surface area contributed by atoms with E-state index in [0.29, 0.717) is 55.3 Å². The third-order valence-electron chi connectivity index (χ3n) is 6.63. The number of benzene rings is 2. The van der Waals surface area contributed by atoms with Crippen molar-refractivity contribution in [1.29, 1.82) is 0 Å². The van der Waals surface area contributed by atoms with E-state index in [1.807, 2.05) is 24.0 Å². The summed E-state index contributed by atoms with van der Waals surface area (Å²) in [7, 11) is 2.11. The van der Waals surface area contributed by atoms with Gasteiger partial charge in [0, 0.05) is 38.8 Å². The number of carbonyl (C=O) groups is 1. The molecule has 1 unspecified atom stereocenters. The van der Waals surface area contributed by atoms with Gasteiger partial charge in [-0.25, -0.2) is 0 Å². The molecule has 2 aromatic carbocycles. The average Bonchev–Trinajstić information content (AvgIpc) is 3.15. The Labute approximate surface area is 209 Å². The number of carbonyl (C=O) groups excluding carboxylic acids is 1. The predicted octanol–water partition coefficient (Wildman–Crippen LogP) is 5.75. The molecular weight excluding hydrogens is 448 g/mol. The second-order valence-corrected chi connectivity index (χ2v) is 10.5. The Morgan fingerprint density at radius 3 is 2.65 bits per heavy atom. The molecule has 2 aliphatic rings. The van der Waals surface area contributed by atoms with Crippen molar-refractivity contribution in [1.82, 2.24) is 4.90 Å². The van der Waals surface area contributed by atoms with Crippen LogP contribution in [0.4, 0.5) is 5.69 Å². The molecule has 184 valence electrons. The largest absolute Gasteiger partial charge is 0.489 e. The fourth-order valence-corrected chi connectivity index (χ4v) is 5.41. The minimum atomic E-state index is -0.128. The molecule has 1 aliphatic carbocycles. The monoisotopic (exact) mass is 484 g/mol. The highest BCUT2D eigenvalue weighted by molar-refractivity contribution is 6.32. The summed E-state index contributed by atoms with van der Waals surface area (Å²) in [4.78, 5) is 17.8. The molecule has 6 heteroatoms. The van der Waals surface area contributed by atoms with Crippen LogP contribution in [0, 0.1) is 11.8 Å². The van der Waals surface area contributed by atoms with E-state index in [2.05, 4.69) is 44.0 Å². The maximum Gasteiger partial charge on any atom is 0.227 e. The van der Waals surface area contributed by atoms with E-state index in [9.17, 15) is 4.79 Å². The molecule has 1 heterocycles. The Morgan fingerprint density at radius 1 is 1.06 bits per heavy atom. The van der Waals surface area contributed by atoms with Crippen molar-refractivity contribution in [2.75, 3.05) is 38.3 Å². The van der Waals surface area contributed by atoms with Crippen molar-refractivity contribution < 1.29 is 14.3 Å². The van der Waals surface area contributed by atoms with Gasteiger partial charge in [0.05, 0.1) is 24.2 Å². The second-order valence-electron chi connectivity index (χ2n) is 10.1. The summed E-state index contributed by atoms with van der Waals surface area (Å²) in [5.41, 5.74) is 5.13. The molecule has 0 radical (unpaired) electrons. The fourth-order valence-electron chi connectivity index (χ4n) is 5.13. The quantitative estimate of drug-likeness (QED) is 0.478. The maximum absolute atomic E-state index is 13.6. The van der Waals surface area contributed by atoms with E-state index in [-0.39, 0.29) is 11.8 Å². The molecule has 1 aliphatic heterocycles. The predicted molar refractivity (Wildman–Crippen MR) is 138 cm³/mol. The Bertz CT molecular complexity index is 1020. The summed E-state index contributed by atoms with van der Waals surface area (Å²) >= 11 is 6.52. The molecule has 0 fully saturated rings. The molecule has 0 spiro atoms. The zero-order chi connectivity index (χ0) is 24.2. The van der Waals surface area contributed by atoms with Gasteiger partial charge in [0.1, 0.15) is 0 Å². The standard InChI is InChI=1S/C28H37ClN2O3/c1-19(2)16-31(18-21-14-24(29)27-26(15-21)33-12-7-13-34-27)28(32)20(3)17-30(4)25-11-6-9-22-8-5-10-23(22)25/h6,9,11,14-15,19-20H,5,7-8,10,12-13,16-18H2,1-4H3. The van der Waals surface area contributed by atoms with E-state index < -0.39 is 0 Å². The van der Waals surface area contributed by atoms with Crippen LogP contribution in [0.1, 0.15) is 50.3 Å². The molecular formula is C28H37ClN2O3. The number of amides is 1. The highest BCUT2D eigenvalue weighted by Crippen LogP contribution is 2.38. The average molecular weight is 485 g/mol. The SMILES string of the molecule is CC(C)CN(Cc1cc(Cl)c2c(c1)OCCCO2)C(=O)C(C)CN(C)c1cccc2c1CCC2.